The summed E-state index contributed by atoms with van der Waals surface area (Å²) in [5.74, 6) is -1.37. The Balaban J connectivity index is 0.00000310. The van der Waals surface area contributed by atoms with Crippen LogP contribution in [0.2, 0.25) is 0 Å². The van der Waals surface area contributed by atoms with E-state index in [1.807, 2.05) is 61.5 Å². The van der Waals surface area contributed by atoms with Crippen LogP contribution in [0.1, 0.15) is 62.0 Å². The van der Waals surface area contributed by atoms with E-state index in [9.17, 15) is 23.7 Å². The van der Waals surface area contributed by atoms with Crippen molar-refractivity contribution in [3.63, 3.8) is 0 Å². The van der Waals surface area contributed by atoms with Gasteiger partial charge in [-0.15, -0.1) is 0 Å². The molecule has 0 fully saturated rings. The molecule has 294 valence electrons. The third kappa shape index (κ3) is 12.2. The van der Waals surface area contributed by atoms with Crippen LogP contribution in [0.3, 0.4) is 0 Å². The molecule has 2 heterocycles. The predicted molar refractivity (Wildman–Crippen MR) is 205 cm³/mol. The summed E-state index contributed by atoms with van der Waals surface area (Å²) in [6.07, 6.45) is 0.404. The number of esters is 2. The Morgan fingerprint density at radius 2 is 1.53 bits per heavy atom. The number of benzene rings is 4. The minimum Gasteiger partial charge on any atom is -1.00 e. The molecule has 0 saturated heterocycles. The van der Waals surface area contributed by atoms with E-state index in [-0.39, 0.29) is 99.6 Å². The molecule has 0 saturated carbocycles. The molecule has 0 bridgehead atoms. The van der Waals surface area contributed by atoms with Gasteiger partial charge < -0.3 is 36.6 Å². The van der Waals surface area contributed by atoms with E-state index in [4.69, 9.17) is 28.4 Å². The third-order valence-electron chi connectivity index (χ3n) is 9.12. The Labute approximate surface area is 381 Å². The maximum atomic E-state index is 14.1. The second-order valence-corrected chi connectivity index (χ2v) is 14.6. The average Bonchev–Trinajstić information content (AvgIpc) is 3.77. The van der Waals surface area contributed by atoms with Crippen LogP contribution in [0.4, 0.5) is 4.79 Å². The number of nitrogens with zero attached hydrogens (tertiary/aromatic N) is 1. The summed E-state index contributed by atoms with van der Waals surface area (Å²) in [7, 11) is -4.66. The van der Waals surface area contributed by atoms with Gasteiger partial charge in [0.1, 0.15) is 18.0 Å². The molecule has 6 aromatic rings. The number of aromatic nitrogens is 1. The molecule has 17 heteroatoms. The number of para-hydroxylation sites is 2. The summed E-state index contributed by atoms with van der Waals surface area (Å²) < 4.78 is 38.5. The first-order valence-electron chi connectivity index (χ1n) is 17.5. The van der Waals surface area contributed by atoms with E-state index >= 15 is 0 Å². The van der Waals surface area contributed by atoms with Crippen LogP contribution in [-0.4, -0.2) is 45.1 Å². The number of ether oxygens (including phenoxy) is 3. The first-order valence-corrected chi connectivity index (χ1v) is 19.0. The standard InChI is InChI=1S/C41H39N2O12P.2Na.2H/c1-27(29-10-4-3-5-11-29)42-39(46)41(2,22-37(44)51-25-33-20-31-12-6-9-15-36(31)55-33)21-32-23-43(35-14-8-7-13-34(32)35)40(47)53-26-52-38(45)30-18-16-28(17-19-30)24-54-56(48,49)50;;;;/h3-20,23,27H,21-22,24-26H2,1-2H3,(H,42,46)(H2,48,49,50);;;;/q;2*+1;2*-1/t27?,41-;;;;/m0..../s1. The number of amides is 1. The van der Waals surface area contributed by atoms with Gasteiger partial charge in [0.2, 0.25) is 12.7 Å². The zero-order valence-electron chi connectivity index (χ0n) is 34.5. The fourth-order valence-corrected chi connectivity index (χ4v) is 6.51. The minimum atomic E-state index is -4.66. The van der Waals surface area contributed by atoms with Gasteiger partial charge in [0.15, 0.2) is 0 Å². The molecule has 0 aliphatic rings. The van der Waals surface area contributed by atoms with Crippen molar-refractivity contribution in [3.05, 3.63) is 143 Å². The fourth-order valence-electron chi connectivity index (χ4n) is 6.19. The molecule has 1 amide bonds. The molecule has 0 spiro atoms. The maximum Gasteiger partial charge on any atom is 1.00 e. The van der Waals surface area contributed by atoms with Gasteiger partial charge in [0.25, 0.3) is 0 Å². The van der Waals surface area contributed by atoms with Crippen LogP contribution < -0.4 is 64.4 Å². The molecule has 14 nitrogen and oxygen atoms in total. The summed E-state index contributed by atoms with van der Waals surface area (Å²) >= 11 is 0. The normalized spacial score (nSPS) is 12.7. The zero-order chi connectivity index (χ0) is 39.9. The van der Waals surface area contributed by atoms with Crippen molar-refractivity contribution in [2.24, 2.45) is 5.41 Å². The molecule has 2 aromatic heterocycles. The molecular formula is C41H41N2Na2O12P. The van der Waals surface area contributed by atoms with Crippen molar-refractivity contribution in [2.75, 3.05) is 6.79 Å². The Morgan fingerprint density at radius 1 is 0.862 bits per heavy atom. The second-order valence-electron chi connectivity index (χ2n) is 13.4. The molecule has 6 rings (SSSR count). The van der Waals surface area contributed by atoms with Gasteiger partial charge in [-0.05, 0) is 67.3 Å². The first kappa shape index (κ1) is 46.6. The zero-order valence-corrected chi connectivity index (χ0v) is 37.3. The van der Waals surface area contributed by atoms with Gasteiger partial charge in [-0.3, -0.25) is 18.7 Å². The van der Waals surface area contributed by atoms with Crippen LogP contribution in [0, 0.1) is 5.41 Å². The molecule has 2 atom stereocenters. The molecule has 0 aliphatic heterocycles. The van der Waals surface area contributed by atoms with Crippen LogP contribution in [-0.2, 0) is 52.5 Å². The van der Waals surface area contributed by atoms with Crippen molar-refractivity contribution in [2.45, 2.75) is 45.9 Å². The Bertz CT molecular complexity index is 2390. The number of carbonyl (C=O) groups is 4. The van der Waals surface area contributed by atoms with Crippen molar-refractivity contribution >= 4 is 53.6 Å². The van der Waals surface area contributed by atoms with Crippen LogP contribution in [0.25, 0.3) is 21.9 Å². The predicted octanol–water partition coefficient (Wildman–Crippen LogP) is 1.59. The number of phosphoric acid groups is 1. The molecular weight excluding hydrogens is 789 g/mol. The van der Waals surface area contributed by atoms with E-state index in [1.165, 1.54) is 35.0 Å². The molecule has 3 N–H and O–H groups in total. The fraction of sp³-hybridized carbons (Fsp3) is 0.220. The Kier molecular flexibility index (Phi) is 16.7. The van der Waals surface area contributed by atoms with Gasteiger partial charge in [-0.25, -0.2) is 14.2 Å². The SMILES string of the molecule is CC(NC(=O)[C@](C)(CC(=O)OCc1cc2ccccc2o1)Cc1cn(C(=O)OCOC(=O)c2ccc(COP(=O)(O)O)cc2)c2ccccc12)c1ccccc1.[H-].[H-].[Na+].[Na+]. The van der Waals surface area contributed by atoms with Gasteiger partial charge in [-0.2, -0.15) is 0 Å². The number of phosphoric ester groups is 1. The monoisotopic (exact) mass is 830 g/mol. The van der Waals surface area contributed by atoms with E-state index in [2.05, 4.69) is 9.84 Å². The summed E-state index contributed by atoms with van der Waals surface area (Å²) in [5.41, 5.74) is 1.73. The van der Waals surface area contributed by atoms with Gasteiger partial charge >= 0.3 is 85.0 Å². The van der Waals surface area contributed by atoms with Crippen molar-refractivity contribution in [1.29, 1.82) is 0 Å². The molecule has 0 radical (unpaired) electrons. The summed E-state index contributed by atoms with van der Waals surface area (Å²) in [5, 5.41) is 4.55. The first-order chi connectivity index (χ1) is 26.8. The summed E-state index contributed by atoms with van der Waals surface area (Å²) in [6, 6.07) is 30.8. The maximum absolute atomic E-state index is 14.1. The number of nitrogens with one attached hydrogen (secondary N) is 1. The molecule has 1 unspecified atom stereocenters. The largest absolute Gasteiger partial charge is 1.00 e. The van der Waals surface area contributed by atoms with Crippen LogP contribution in [0.15, 0.2) is 120 Å². The van der Waals surface area contributed by atoms with Crippen LogP contribution in [0.5, 0.6) is 0 Å². The topological polar surface area (TPSA) is 193 Å². The number of fused-ring (bicyclic) bond motifs is 2. The second kappa shape index (κ2) is 20.8. The number of carbonyl (C=O) groups excluding carboxylic acids is 4. The number of rotatable bonds is 15. The minimum absolute atomic E-state index is 0. The van der Waals surface area contributed by atoms with Crippen molar-refractivity contribution in [3.8, 4) is 0 Å². The van der Waals surface area contributed by atoms with E-state index in [1.54, 1.807) is 37.3 Å². The van der Waals surface area contributed by atoms with Gasteiger partial charge in [-0.1, -0.05) is 78.9 Å². The quantitative estimate of drug-likeness (QED) is 0.0587. The van der Waals surface area contributed by atoms with Gasteiger partial charge in [0, 0.05) is 17.0 Å². The van der Waals surface area contributed by atoms with Crippen LogP contribution >= 0.6 is 7.82 Å². The summed E-state index contributed by atoms with van der Waals surface area (Å²) in [6.45, 7) is 2.30. The Hall–Kier alpha value is -4.05. The van der Waals surface area contributed by atoms with E-state index in [0.717, 1.165) is 10.9 Å². The smallest absolute Gasteiger partial charge is 1.00 e. The number of hydrogen-bond donors (Lipinski definition) is 3. The van der Waals surface area contributed by atoms with E-state index in [0.29, 0.717) is 33.4 Å². The third-order valence-corrected chi connectivity index (χ3v) is 9.58. The van der Waals surface area contributed by atoms with Crippen molar-refractivity contribution < 1.29 is 119 Å². The van der Waals surface area contributed by atoms with Gasteiger partial charge in [0.05, 0.1) is 35.6 Å². The van der Waals surface area contributed by atoms with Crippen molar-refractivity contribution in [1.82, 2.24) is 9.88 Å². The summed E-state index contributed by atoms with van der Waals surface area (Å²) in [4.78, 5) is 71.3. The molecule has 0 aliphatic carbocycles. The number of hydrogen-bond acceptors (Lipinski definition) is 10. The average molecular weight is 831 g/mol. The van der Waals surface area contributed by atoms with E-state index < -0.39 is 44.0 Å². The molecule has 4 aromatic carbocycles. The molecule has 58 heavy (non-hydrogen) atoms. The number of furan rings is 1. The Morgan fingerprint density at radius 3 is 2.24 bits per heavy atom.